The van der Waals surface area contributed by atoms with Gasteiger partial charge in [0.25, 0.3) is 0 Å². The minimum atomic E-state index is 0.459. The van der Waals surface area contributed by atoms with Crippen LogP contribution < -0.4 is 4.90 Å². The number of thiophene rings is 1. The maximum Gasteiger partial charge on any atom is 0.213 e. The molecular weight excluding hydrogens is 452 g/mol. The van der Waals surface area contributed by atoms with Crippen molar-refractivity contribution in [2.75, 3.05) is 31.1 Å². The predicted molar refractivity (Wildman–Crippen MR) is 136 cm³/mol. The van der Waals surface area contributed by atoms with Gasteiger partial charge in [-0.2, -0.15) is 11.3 Å². The Morgan fingerprint density at radius 1 is 0.970 bits per heavy atom. The van der Waals surface area contributed by atoms with Gasteiger partial charge >= 0.3 is 0 Å². The lowest BCUT2D eigenvalue weighted by Crippen LogP contribution is -2.32. The molecule has 1 aliphatic carbocycles. The van der Waals surface area contributed by atoms with E-state index in [-0.39, 0.29) is 0 Å². The first-order valence-electron chi connectivity index (χ1n) is 12.1. The fourth-order valence-corrected chi connectivity index (χ4v) is 6.25. The van der Waals surface area contributed by atoms with Crippen LogP contribution in [0.2, 0.25) is 5.02 Å². The maximum atomic E-state index is 6.35. The van der Waals surface area contributed by atoms with Crippen LogP contribution in [0.15, 0.2) is 35.0 Å². The molecule has 0 bridgehead atoms. The Hall–Kier alpha value is -2.22. The van der Waals surface area contributed by atoms with E-state index in [1.165, 1.54) is 37.7 Å². The Balaban J connectivity index is 1.39. The van der Waals surface area contributed by atoms with Crippen LogP contribution in [0.25, 0.3) is 16.6 Å². The summed E-state index contributed by atoms with van der Waals surface area (Å²) in [6.07, 6.45) is 7.35. The first-order valence-corrected chi connectivity index (χ1v) is 13.4. The average molecular weight is 481 g/mol. The quantitative estimate of drug-likeness (QED) is 0.372. The molecule has 0 radical (unpaired) electrons. The van der Waals surface area contributed by atoms with Gasteiger partial charge in [-0.25, -0.2) is 9.38 Å². The van der Waals surface area contributed by atoms with Gasteiger partial charge in [-0.05, 0) is 59.9 Å². The van der Waals surface area contributed by atoms with Crippen LogP contribution in [0.4, 0.5) is 5.95 Å². The molecule has 0 amide bonds. The van der Waals surface area contributed by atoms with E-state index in [0.29, 0.717) is 10.9 Å². The zero-order valence-electron chi connectivity index (χ0n) is 18.8. The highest BCUT2D eigenvalue weighted by Gasteiger charge is 2.27. The highest BCUT2D eigenvalue weighted by atomic mass is 35.5. The number of nitrogens with zero attached hydrogens (tertiary/aromatic N) is 6. The second-order valence-corrected chi connectivity index (χ2v) is 10.6. The molecule has 8 heteroatoms. The Morgan fingerprint density at radius 2 is 1.88 bits per heavy atom. The lowest BCUT2D eigenvalue weighted by molar-refractivity contribution is 0.286. The monoisotopic (exact) mass is 480 g/mol. The molecule has 0 atom stereocenters. The van der Waals surface area contributed by atoms with Crippen molar-refractivity contribution in [2.45, 2.75) is 51.0 Å². The molecule has 0 unspecified atom stereocenters. The van der Waals surface area contributed by atoms with Gasteiger partial charge < -0.3 is 4.90 Å². The van der Waals surface area contributed by atoms with Gasteiger partial charge in [-0.3, -0.25) is 4.90 Å². The summed E-state index contributed by atoms with van der Waals surface area (Å²) in [4.78, 5) is 10.2. The average Bonchev–Trinajstić information content (AvgIpc) is 3.45. The summed E-state index contributed by atoms with van der Waals surface area (Å²) in [7, 11) is 0. The fraction of sp³-hybridized carbons (Fsp3) is 0.480. The molecule has 1 saturated carbocycles. The van der Waals surface area contributed by atoms with Gasteiger partial charge in [0.2, 0.25) is 5.95 Å². The molecule has 0 spiro atoms. The summed E-state index contributed by atoms with van der Waals surface area (Å²) >= 11 is 8.12. The molecule has 2 fully saturated rings. The fourth-order valence-electron chi connectivity index (χ4n) is 5.42. The Bertz CT molecular complexity index is 1250. The van der Waals surface area contributed by atoms with Crippen molar-refractivity contribution in [3.05, 3.63) is 51.4 Å². The van der Waals surface area contributed by atoms with Crippen molar-refractivity contribution in [2.24, 2.45) is 0 Å². The lowest BCUT2D eigenvalue weighted by atomic mass is 9.89. The third-order valence-electron chi connectivity index (χ3n) is 7.14. The van der Waals surface area contributed by atoms with E-state index in [4.69, 9.17) is 21.7 Å². The third-order valence-corrected chi connectivity index (χ3v) is 8.10. The molecule has 4 heterocycles. The SMILES string of the molecule is Clc1ccc2c(c1)nc(N1CCCN(Cc3ccsc3)CC1)n1c(C3CCCCC3)nnc21. The molecule has 1 aliphatic heterocycles. The van der Waals surface area contributed by atoms with Crippen LogP contribution in [0.5, 0.6) is 0 Å². The number of rotatable bonds is 4. The van der Waals surface area contributed by atoms with E-state index in [9.17, 15) is 0 Å². The molecule has 33 heavy (non-hydrogen) atoms. The summed E-state index contributed by atoms with van der Waals surface area (Å²) in [6.45, 7) is 5.07. The number of halogens is 1. The standard InChI is InChI=1S/C25H29ClN6S/c26-20-7-8-21-22(15-20)27-25(32-23(28-29-24(21)32)19-5-2-1-3-6-19)31-11-4-10-30(12-13-31)16-18-9-14-33-17-18/h7-9,14-15,17,19H,1-6,10-13,16H2. The van der Waals surface area contributed by atoms with E-state index in [2.05, 4.69) is 36.1 Å². The number of benzene rings is 1. The Kier molecular flexibility index (Phi) is 5.94. The van der Waals surface area contributed by atoms with Crippen LogP contribution in [-0.4, -0.2) is 50.7 Å². The Labute approximate surface area is 203 Å². The van der Waals surface area contributed by atoms with Crippen LogP contribution in [0, 0.1) is 0 Å². The molecule has 6 rings (SSSR count). The van der Waals surface area contributed by atoms with Crippen molar-refractivity contribution in [3.63, 3.8) is 0 Å². The molecule has 3 aromatic heterocycles. The molecule has 6 nitrogen and oxygen atoms in total. The van der Waals surface area contributed by atoms with Gasteiger partial charge in [0, 0.05) is 49.1 Å². The lowest BCUT2D eigenvalue weighted by Gasteiger charge is -2.26. The summed E-state index contributed by atoms with van der Waals surface area (Å²) in [5, 5.41) is 15.6. The normalized spacial score (nSPS) is 18.9. The highest BCUT2D eigenvalue weighted by Crippen LogP contribution is 2.35. The summed E-state index contributed by atoms with van der Waals surface area (Å²) in [5.41, 5.74) is 3.21. The molecule has 4 aromatic rings. The minimum absolute atomic E-state index is 0.459. The van der Waals surface area contributed by atoms with Crippen LogP contribution >= 0.6 is 22.9 Å². The number of hydrogen-bond donors (Lipinski definition) is 0. The number of aromatic nitrogens is 4. The second kappa shape index (κ2) is 9.20. The molecule has 1 saturated heterocycles. The van der Waals surface area contributed by atoms with E-state index in [1.54, 1.807) is 11.3 Å². The first-order chi connectivity index (χ1) is 16.3. The summed E-state index contributed by atoms with van der Waals surface area (Å²) < 4.78 is 2.26. The molecule has 0 N–H and O–H groups in total. The Morgan fingerprint density at radius 3 is 2.73 bits per heavy atom. The van der Waals surface area contributed by atoms with Gasteiger partial charge in [0.15, 0.2) is 5.65 Å². The van der Waals surface area contributed by atoms with Crippen LogP contribution in [0.3, 0.4) is 0 Å². The first kappa shape index (κ1) is 21.3. The van der Waals surface area contributed by atoms with Crippen molar-refractivity contribution in [1.29, 1.82) is 0 Å². The topological polar surface area (TPSA) is 49.6 Å². The maximum absolute atomic E-state index is 6.35. The third kappa shape index (κ3) is 4.22. The molecular formula is C25H29ClN6S. The zero-order valence-corrected chi connectivity index (χ0v) is 20.4. The zero-order chi connectivity index (χ0) is 22.2. The van der Waals surface area contributed by atoms with Gasteiger partial charge in [0.05, 0.1) is 5.52 Å². The number of anilines is 1. The van der Waals surface area contributed by atoms with Gasteiger partial charge in [-0.1, -0.05) is 30.9 Å². The van der Waals surface area contributed by atoms with E-state index in [1.807, 2.05) is 18.2 Å². The van der Waals surface area contributed by atoms with Gasteiger partial charge in [-0.15, -0.1) is 10.2 Å². The van der Waals surface area contributed by atoms with E-state index < -0.39 is 0 Å². The van der Waals surface area contributed by atoms with Crippen LogP contribution in [0.1, 0.15) is 55.8 Å². The largest absolute Gasteiger partial charge is 0.341 e. The van der Waals surface area contributed by atoms with E-state index >= 15 is 0 Å². The smallest absolute Gasteiger partial charge is 0.213 e. The predicted octanol–water partition coefficient (Wildman–Crippen LogP) is 5.75. The number of fused-ring (bicyclic) bond motifs is 3. The van der Waals surface area contributed by atoms with Crippen molar-refractivity contribution in [3.8, 4) is 0 Å². The number of hydrogen-bond acceptors (Lipinski definition) is 6. The summed E-state index contributed by atoms with van der Waals surface area (Å²) in [5.74, 6) is 2.52. The highest BCUT2D eigenvalue weighted by molar-refractivity contribution is 7.07. The minimum Gasteiger partial charge on any atom is -0.341 e. The van der Waals surface area contributed by atoms with E-state index in [0.717, 1.165) is 67.5 Å². The van der Waals surface area contributed by atoms with Crippen molar-refractivity contribution < 1.29 is 0 Å². The second-order valence-electron chi connectivity index (χ2n) is 9.37. The molecule has 1 aromatic carbocycles. The molecule has 2 aliphatic rings. The van der Waals surface area contributed by atoms with Crippen LogP contribution in [-0.2, 0) is 6.54 Å². The van der Waals surface area contributed by atoms with Crippen molar-refractivity contribution in [1.82, 2.24) is 24.5 Å². The molecule has 172 valence electrons. The summed E-state index contributed by atoms with van der Waals surface area (Å²) in [6, 6.07) is 8.15. The van der Waals surface area contributed by atoms with Gasteiger partial charge in [0.1, 0.15) is 5.82 Å². The van der Waals surface area contributed by atoms with Crippen molar-refractivity contribution >= 4 is 45.4 Å².